The van der Waals surface area contributed by atoms with Gasteiger partial charge >= 0.3 is 0 Å². The molecule has 0 spiro atoms. The maximum absolute atomic E-state index is 10.9. The molecule has 2 aromatic carbocycles. The Morgan fingerprint density at radius 2 is 1.95 bits per heavy atom. The summed E-state index contributed by atoms with van der Waals surface area (Å²) in [7, 11) is 1.70. The Bertz CT molecular complexity index is 671. The van der Waals surface area contributed by atoms with Crippen LogP contribution < -0.4 is 5.32 Å². The van der Waals surface area contributed by atoms with Crippen LogP contribution in [0, 0.1) is 24.0 Å². The number of nitro benzene ring substituents is 1. The smallest absolute Gasteiger partial charge is 0.292 e. The number of benzene rings is 2. The lowest BCUT2D eigenvalue weighted by atomic mass is 10.2. The zero-order chi connectivity index (χ0) is 15.4. The first-order valence-electron chi connectivity index (χ1n) is 6.66. The molecule has 0 bridgehead atoms. The topological polar surface area (TPSA) is 55.2 Å². The van der Waals surface area contributed by atoms with Gasteiger partial charge in [-0.2, -0.15) is 0 Å². The van der Waals surface area contributed by atoms with Gasteiger partial charge in [-0.3, -0.25) is 10.1 Å². The average Bonchev–Trinajstić information content (AvgIpc) is 2.45. The molecule has 0 fully saturated rings. The van der Waals surface area contributed by atoms with Crippen molar-refractivity contribution in [1.29, 1.82) is 0 Å². The van der Waals surface area contributed by atoms with Crippen molar-refractivity contribution in [2.24, 2.45) is 0 Å². The van der Waals surface area contributed by atoms with Gasteiger partial charge in [0.25, 0.3) is 5.69 Å². The third-order valence-electron chi connectivity index (χ3n) is 3.25. The van der Waals surface area contributed by atoms with Crippen molar-refractivity contribution >= 4 is 23.1 Å². The largest absolute Gasteiger partial charge is 0.383 e. The molecule has 0 saturated heterocycles. The van der Waals surface area contributed by atoms with E-state index in [2.05, 4.69) is 37.4 Å². The van der Waals surface area contributed by atoms with Gasteiger partial charge in [0.15, 0.2) is 0 Å². The number of rotatable bonds is 5. The van der Waals surface area contributed by atoms with Gasteiger partial charge in [-0.15, -0.1) is 11.8 Å². The van der Waals surface area contributed by atoms with Crippen molar-refractivity contribution in [3.8, 4) is 0 Å². The Morgan fingerprint density at radius 3 is 2.57 bits per heavy atom. The molecule has 0 unspecified atom stereocenters. The predicted molar refractivity (Wildman–Crippen MR) is 88.1 cm³/mol. The molecule has 1 N–H and O–H groups in total. The summed E-state index contributed by atoms with van der Waals surface area (Å²) >= 11 is 1.74. The number of aryl methyl sites for hydroxylation is 2. The maximum Gasteiger partial charge on any atom is 0.292 e. The van der Waals surface area contributed by atoms with Gasteiger partial charge in [-0.1, -0.05) is 23.8 Å². The van der Waals surface area contributed by atoms with Gasteiger partial charge < -0.3 is 5.32 Å². The Balaban J connectivity index is 2.15. The molecule has 0 atom stereocenters. The number of nitrogens with one attached hydrogen (secondary N) is 1. The second kappa shape index (κ2) is 6.63. The summed E-state index contributed by atoms with van der Waals surface area (Å²) in [5.74, 6) is 0.788. The molecule has 0 amide bonds. The lowest BCUT2D eigenvalue weighted by Crippen LogP contribution is -1.97. The van der Waals surface area contributed by atoms with Crippen LogP contribution in [0.15, 0.2) is 41.3 Å². The summed E-state index contributed by atoms with van der Waals surface area (Å²) in [5.41, 5.74) is 4.24. The molecule has 0 heterocycles. The van der Waals surface area contributed by atoms with Crippen LogP contribution in [0.2, 0.25) is 0 Å². The van der Waals surface area contributed by atoms with Gasteiger partial charge in [0, 0.05) is 23.8 Å². The van der Waals surface area contributed by atoms with E-state index >= 15 is 0 Å². The molecule has 0 aliphatic rings. The minimum Gasteiger partial charge on any atom is -0.383 e. The van der Waals surface area contributed by atoms with Crippen LogP contribution in [0.5, 0.6) is 0 Å². The number of nitrogens with zero attached hydrogens (tertiary/aromatic N) is 1. The monoisotopic (exact) mass is 302 g/mol. The van der Waals surface area contributed by atoms with Crippen LogP contribution in [0.25, 0.3) is 0 Å². The predicted octanol–water partition coefficient (Wildman–Crippen LogP) is 4.55. The first-order chi connectivity index (χ1) is 10.0. The fraction of sp³-hybridized carbons (Fsp3) is 0.250. The zero-order valence-corrected chi connectivity index (χ0v) is 13.2. The van der Waals surface area contributed by atoms with Crippen LogP contribution in [0.4, 0.5) is 11.4 Å². The van der Waals surface area contributed by atoms with E-state index in [0.29, 0.717) is 5.69 Å². The van der Waals surface area contributed by atoms with E-state index in [9.17, 15) is 10.1 Å². The highest BCUT2D eigenvalue weighted by molar-refractivity contribution is 7.98. The lowest BCUT2D eigenvalue weighted by Gasteiger charge is -2.08. The second-order valence-corrected chi connectivity index (χ2v) is 5.93. The molecule has 0 aliphatic heterocycles. The van der Waals surface area contributed by atoms with Crippen molar-refractivity contribution in [3.63, 3.8) is 0 Å². The summed E-state index contributed by atoms with van der Waals surface area (Å²) in [5, 5.41) is 13.8. The Morgan fingerprint density at radius 1 is 1.19 bits per heavy atom. The summed E-state index contributed by atoms with van der Waals surface area (Å²) < 4.78 is 0. The van der Waals surface area contributed by atoms with Crippen LogP contribution in [0.3, 0.4) is 0 Å². The molecule has 4 nitrogen and oxygen atoms in total. The third-order valence-corrected chi connectivity index (χ3v) is 4.50. The molecule has 0 saturated carbocycles. The average molecular weight is 302 g/mol. The lowest BCUT2D eigenvalue weighted by molar-refractivity contribution is -0.383. The Hall–Kier alpha value is -2.01. The molecule has 2 rings (SSSR count). The molecule has 2 aromatic rings. The number of thioether (sulfide) groups is 1. The third kappa shape index (κ3) is 3.76. The van der Waals surface area contributed by atoms with Gasteiger partial charge in [-0.25, -0.2) is 0 Å². The van der Waals surface area contributed by atoms with Gasteiger partial charge in [-0.05, 0) is 37.1 Å². The van der Waals surface area contributed by atoms with Crippen molar-refractivity contribution in [3.05, 3.63) is 63.2 Å². The van der Waals surface area contributed by atoms with E-state index in [1.807, 2.05) is 12.1 Å². The summed E-state index contributed by atoms with van der Waals surface area (Å²) in [4.78, 5) is 11.8. The van der Waals surface area contributed by atoms with Crippen molar-refractivity contribution in [1.82, 2.24) is 0 Å². The fourth-order valence-corrected chi connectivity index (χ4v) is 3.11. The van der Waals surface area contributed by atoms with Crippen LogP contribution >= 0.6 is 11.8 Å². The minimum absolute atomic E-state index is 0.109. The van der Waals surface area contributed by atoms with E-state index in [1.54, 1.807) is 24.9 Å². The zero-order valence-electron chi connectivity index (χ0n) is 12.3. The normalized spacial score (nSPS) is 10.4. The number of hydrogen-bond acceptors (Lipinski definition) is 4. The van der Waals surface area contributed by atoms with E-state index in [0.717, 1.165) is 11.3 Å². The molecule has 110 valence electrons. The molecular formula is C16H18N2O2S. The number of anilines is 1. The molecule has 0 radical (unpaired) electrons. The standard InChI is InChI=1S/C16H18N2O2S/c1-11-4-7-16(12(2)8-11)21-10-13-5-6-15(18(19)20)14(9-13)17-3/h4-9,17H,10H2,1-3H3. The highest BCUT2D eigenvalue weighted by Crippen LogP contribution is 2.30. The minimum atomic E-state index is -0.368. The van der Waals surface area contributed by atoms with Crippen LogP contribution in [0.1, 0.15) is 16.7 Å². The molecule has 21 heavy (non-hydrogen) atoms. The van der Waals surface area contributed by atoms with Crippen LogP contribution in [-0.4, -0.2) is 12.0 Å². The van der Waals surface area contributed by atoms with Crippen LogP contribution in [-0.2, 0) is 5.75 Å². The van der Waals surface area contributed by atoms with Crippen molar-refractivity contribution < 1.29 is 4.92 Å². The SMILES string of the molecule is CNc1cc(CSc2ccc(C)cc2C)ccc1[N+](=O)[O-]. The number of nitro groups is 1. The van der Waals surface area contributed by atoms with Gasteiger partial charge in [0.1, 0.15) is 5.69 Å². The van der Waals surface area contributed by atoms with Gasteiger partial charge in [0.2, 0.25) is 0 Å². The highest BCUT2D eigenvalue weighted by Gasteiger charge is 2.13. The second-order valence-electron chi connectivity index (χ2n) is 4.92. The Labute approximate surface area is 128 Å². The fourth-order valence-electron chi connectivity index (χ4n) is 2.15. The van der Waals surface area contributed by atoms with Gasteiger partial charge in [0.05, 0.1) is 4.92 Å². The highest BCUT2D eigenvalue weighted by atomic mass is 32.2. The molecule has 0 aromatic heterocycles. The first-order valence-corrected chi connectivity index (χ1v) is 7.65. The van der Waals surface area contributed by atoms with Crippen molar-refractivity contribution in [2.45, 2.75) is 24.5 Å². The summed E-state index contributed by atoms with van der Waals surface area (Å²) in [6.07, 6.45) is 0. The Kier molecular flexibility index (Phi) is 4.85. The van der Waals surface area contributed by atoms with E-state index in [4.69, 9.17) is 0 Å². The molecule has 0 aliphatic carbocycles. The van der Waals surface area contributed by atoms with E-state index < -0.39 is 0 Å². The first kappa shape index (κ1) is 15.4. The summed E-state index contributed by atoms with van der Waals surface area (Å²) in [6.45, 7) is 4.18. The maximum atomic E-state index is 10.9. The quantitative estimate of drug-likeness (QED) is 0.500. The molecule has 5 heteroatoms. The number of hydrogen-bond donors (Lipinski definition) is 1. The summed E-state index contributed by atoms with van der Waals surface area (Å²) in [6, 6.07) is 11.6. The van der Waals surface area contributed by atoms with Crippen molar-refractivity contribution in [2.75, 3.05) is 12.4 Å². The van der Waals surface area contributed by atoms with E-state index in [-0.39, 0.29) is 10.6 Å². The van der Waals surface area contributed by atoms with E-state index in [1.165, 1.54) is 16.0 Å². The molecular weight excluding hydrogens is 284 g/mol.